The standard InChI is InChI=1S/C6H7BrClNO2S2/c1-9(2)13(10,11)5-3-4(8)6(7)12-5/h3H,1-2H3. The maximum atomic E-state index is 11.6. The summed E-state index contributed by atoms with van der Waals surface area (Å²) >= 11 is 9.99. The van der Waals surface area contributed by atoms with Crippen LogP contribution in [-0.4, -0.2) is 26.8 Å². The van der Waals surface area contributed by atoms with Gasteiger partial charge in [0.25, 0.3) is 10.0 Å². The molecule has 0 saturated carbocycles. The van der Waals surface area contributed by atoms with Crippen molar-refractivity contribution in [1.82, 2.24) is 4.31 Å². The fourth-order valence-corrected chi connectivity index (χ4v) is 4.20. The molecule has 0 aromatic carbocycles. The first-order chi connectivity index (χ1) is 5.85. The molecule has 0 N–H and O–H groups in total. The minimum Gasteiger partial charge on any atom is -0.206 e. The van der Waals surface area contributed by atoms with E-state index < -0.39 is 10.0 Å². The van der Waals surface area contributed by atoms with Gasteiger partial charge in [0.05, 0.1) is 8.81 Å². The second-order valence-electron chi connectivity index (χ2n) is 2.47. The highest BCUT2D eigenvalue weighted by atomic mass is 79.9. The van der Waals surface area contributed by atoms with Crippen molar-refractivity contribution in [3.05, 3.63) is 14.9 Å². The first-order valence-electron chi connectivity index (χ1n) is 3.23. The van der Waals surface area contributed by atoms with Crippen molar-refractivity contribution in [1.29, 1.82) is 0 Å². The third-order valence-electron chi connectivity index (χ3n) is 1.36. The van der Waals surface area contributed by atoms with Crippen LogP contribution in [0.2, 0.25) is 5.02 Å². The van der Waals surface area contributed by atoms with Gasteiger partial charge in [-0.25, -0.2) is 12.7 Å². The molecule has 0 spiro atoms. The Morgan fingerprint density at radius 1 is 1.54 bits per heavy atom. The Balaban J connectivity index is 3.24. The van der Waals surface area contributed by atoms with Gasteiger partial charge in [0, 0.05) is 14.1 Å². The fourth-order valence-electron chi connectivity index (χ4n) is 0.634. The Bertz CT molecular complexity index is 393. The Labute approximate surface area is 94.5 Å². The molecule has 0 aliphatic carbocycles. The van der Waals surface area contributed by atoms with Crippen molar-refractivity contribution in [3.8, 4) is 0 Å². The molecular formula is C6H7BrClNO2S2. The summed E-state index contributed by atoms with van der Waals surface area (Å²) in [7, 11) is -0.375. The van der Waals surface area contributed by atoms with E-state index in [9.17, 15) is 8.42 Å². The van der Waals surface area contributed by atoms with Crippen LogP contribution in [0.5, 0.6) is 0 Å². The largest absolute Gasteiger partial charge is 0.252 e. The van der Waals surface area contributed by atoms with Crippen LogP contribution in [0.15, 0.2) is 14.1 Å². The molecule has 74 valence electrons. The summed E-state index contributed by atoms with van der Waals surface area (Å²) in [5.74, 6) is 0. The number of thiophene rings is 1. The maximum absolute atomic E-state index is 11.6. The molecular weight excluding hydrogens is 298 g/mol. The summed E-state index contributed by atoms with van der Waals surface area (Å²) in [6, 6.07) is 1.44. The molecule has 0 amide bonds. The normalized spacial score (nSPS) is 12.4. The lowest BCUT2D eigenvalue weighted by Gasteiger charge is -2.07. The maximum Gasteiger partial charge on any atom is 0.252 e. The molecule has 0 atom stereocenters. The number of halogens is 2. The van der Waals surface area contributed by atoms with Crippen molar-refractivity contribution >= 4 is 48.9 Å². The van der Waals surface area contributed by atoms with Crippen molar-refractivity contribution in [2.75, 3.05) is 14.1 Å². The van der Waals surface area contributed by atoms with Gasteiger partial charge < -0.3 is 0 Å². The zero-order valence-electron chi connectivity index (χ0n) is 6.91. The molecule has 0 unspecified atom stereocenters. The van der Waals surface area contributed by atoms with Gasteiger partial charge in [-0.1, -0.05) is 11.6 Å². The third kappa shape index (κ3) is 2.24. The number of hydrogen-bond donors (Lipinski definition) is 0. The fraction of sp³-hybridized carbons (Fsp3) is 0.333. The topological polar surface area (TPSA) is 37.4 Å². The van der Waals surface area contributed by atoms with E-state index in [2.05, 4.69) is 15.9 Å². The lowest BCUT2D eigenvalue weighted by Crippen LogP contribution is -2.21. The second kappa shape index (κ2) is 3.86. The van der Waals surface area contributed by atoms with Crippen LogP contribution in [0.4, 0.5) is 0 Å². The second-order valence-corrected chi connectivity index (χ2v) is 7.63. The van der Waals surface area contributed by atoms with Gasteiger partial charge in [0.1, 0.15) is 4.21 Å². The van der Waals surface area contributed by atoms with Crippen LogP contribution >= 0.6 is 38.9 Å². The number of rotatable bonds is 2. The lowest BCUT2D eigenvalue weighted by atomic mass is 10.7. The van der Waals surface area contributed by atoms with Gasteiger partial charge in [0.15, 0.2) is 0 Å². The van der Waals surface area contributed by atoms with E-state index in [1.54, 1.807) is 0 Å². The molecule has 1 heterocycles. The van der Waals surface area contributed by atoms with E-state index in [1.807, 2.05) is 0 Å². The molecule has 1 aromatic rings. The monoisotopic (exact) mass is 303 g/mol. The van der Waals surface area contributed by atoms with E-state index >= 15 is 0 Å². The van der Waals surface area contributed by atoms with Gasteiger partial charge in [-0.2, -0.15) is 0 Å². The predicted octanol–water partition coefficient (Wildman–Crippen LogP) is 2.41. The summed E-state index contributed by atoms with van der Waals surface area (Å²) in [5, 5.41) is 0.422. The molecule has 0 radical (unpaired) electrons. The third-order valence-corrected chi connectivity index (χ3v) is 6.10. The summed E-state index contributed by atoms with van der Waals surface area (Å²) < 4.78 is 25.1. The highest BCUT2D eigenvalue weighted by Crippen LogP contribution is 2.35. The molecule has 3 nitrogen and oxygen atoms in total. The summed E-state index contributed by atoms with van der Waals surface area (Å²) in [5.41, 5.74) is 0. The first-order valence-corrected chi connectivity index (χ1v) is 6.66. The quantitative estimate of drug-likeness (QED) is 0.841. The summed E-state index contributed by atoms with van der Waals surface area (Å²) in [6.07, 6.45) is 0. The molecule has 1 aromatic heterocycles. The minimum absolute atomic E-state index is 0.245. The average molecular weight is 305 g/mol. The molecule has 0 saturated heterocycles. The van der Waals surface area contributed by atoms with Gasteiger partial charge in [-0.15, -0.1) is 11.3 Å². The highest BCUT2D eigenvalue weighted by Gasteiger charge is 2.21. The lowest BCUT2D eigenvalue weighted by molar-refractivity contribution is 0.523. The Morgan fingerprint density at radius 2 is 2.08 bits per heavy atom. The molecule has 0 aliphatic heterocycles. The van der Waals surface area contributed by atoms with E-state index in [-0.39, 0.29) is 4.21 Å². The predicted molar refractivity (Wildman–Crippen MR) is 57.9 cm³/mol. The van der Waals surface area contributed by atoms with Crippen LogP contribution in [-0.2, 0) is 10.0 Å². The van der Waals surface area contributed by atoms with Gasteiger partial charge in [-0.05, 0) is 22.0 Å². The summed E-state index contributed by atoms with van der Waals surface area (Å²) in [6.45, 7) is 0. The van der Waals surface area contributed by atoms with E-state index in [0.29, 0.717) is 8.81 Å². The smallest absolute Gasteiger partial charge is 0.206 e. The van der Waals surface area contributed by atoms with E-state index in [1.165, 1.54) is 20.2 Å². The van der Waals surface area contributed by atoms with Crippen LogP contribution < -0.4 is 0 Å². The number of hydrogen-bond acceptors (Lipinski definition) is 3. The van der Waals surface area contributed by atoms with Crippen molar-refractivity contribution in [2.45, 2.75) is 4.21 Å². The zero-order valence-corrected chi connectivity index (χ0v) is 10.9. The number of sulfonamides is 1. The molecule has 0 aliphatic rings. The minimum atomic E-state index is -3.34. The zero-order chi connectivity index (χ0) is 10.2. The van der Waals surface area contributed by atoms with Crippen LogP contribution in [0.3, 0.4) is 0 Å². The Kier molecular flexibility index (Phi) is 3.40. The molecule has 1 rings (SSSR count). The summed E-state index contributed by atoms with van der Waals surface area (Å²) in [4.78, 5) is 0. The van der Waals surface area contributed by atoms with Gasteiger partial charge >= 0.3 is 0 Å². The van der Waals surface area contributed by atoms with Crippen molar-refractivity contribution < 1.29 is 8.42 Å². The number of nitrogens with zero attached hydrogens (tertiary/aromatic N) is 1. The van der Waals surface area contributed by atoms with Gasteiger partial charge in [-0.3, -0.25) is 0 Å². The first kappa shape index (κ1) is 11.5. The Hall–Kier alpha value is 0.380. The SMILES string of the molecule is CN(C)S(=O)(=O)c1cc(Cl)c(Br)s1. The highest BCUT2D eigenvalue weighted by molar-refractivity contribution is 9.11. The van der Waals surface area contributed by atoms with Crippen LogP contribution in [0.25, 0.3) is 0 Å². The van der Waals surface area contributed by atoms with E-state index in [4.69, 9.17) is 11.6 Å². The molecule has 13 heavy (non-hydrogen) atoms. The van der Waals surface area contributed by atoms with Crippen molar-refractivity contribution in [2.24, 2.45) is 0 Å². The molecule has 0 bridgehead atoms. The van der Waals surface area contributed by atoms with E-state index in [0.717, 1.165) is 15.6 Å². The van der Waals surface area contributed by atoms with Gasteiger partial charge in [0.2, 0.25) is 0 Å². The van der Waals surface area contributed by atoms with Crippen LogP contribution in [0.1, 0.15) is 0 Å². The molecule has 7 heteroatoms. The van der Waals surface area contributed by atoms with Crippen molar-refractivity contribution in [3.63, 3.8) is 0 Å². The average Bonchev–Trinajstić information content (AvgIpc) is 2.32. The van der Waals surface area contributed by atoms with Crippen LogP contribution in [0, 0.1) is 0 Å². The Morgan fingerprint density at radius 3 is 2.38 bits per heavy atom. The molecule has 0 fully saturated rings.